The van der Waals surface area contributed by atoms with E-state index < -0.39 is 5.41 Å². The van der Waals surface area contributed by atoms with Crippen LogP contribution < -0.4 is 5.73 Å². The van der Waals surface area contributed by atoms with Crippen molar-refractivity contribution in [2.75, 3.05) is 5.73 Å². The van der Waals surface area contributed by atoms with E-state index in [1.807, 2.05) is 74.1 Å². The van der Waals surface area contributed by atoms with Gasteiger partial charge in [0.05, 0.1) is 33.9 Å². The minimum atomic E-state index is -0.542. The highest BCUT2D eigenvalue weighted by atomic mass is 15.3. The number of pyridine rings is 2. The minimum Gasteiger partial charge on any atom is -0.384 e. The summed E-state index contributed by atoms with van der Waals surface area (Å²) >= 11 is 0. The summed E-state index contributed by atoms with van der Waals surface area (Å²) < 4.78 is 1.96. The number of hydrogen-bond donors (Lipinski definition) is 1. The highest BCUT2D eigenvalue weighted by Gasteiger charge is 2.20. The Bertz CT molecular complexity index is 1500. The van der Waals surface area contributed by atoms with Gasteiger partial charge in [-0.1, -0.05) is 18.2 Å². The summed E-state index contributed by atoms with van der Waals surface area (Å²) in [6, 6.07) is 20.3. The van der Waals surface area contributed by atoms with Gasteiger partial charge < -0.3 is 5.73 Å². The van der Waals surface area contributed by atoms with Crippen molar-refractivity contribution in [2.24, 2.45) is 0 Å². The molecule has 2 aromatic carbocycles. The second-order valence-electron chi connectivity index (χ2n) is 8.51. The van der Waals surface area contributed by atoms with Crippen LogP contribution in [0.4, 0.5) is 5.82 Å². The summed E-state index contributed by atoms with van der Waals surface area (Å²) in [5.41, 5.74) is 12.0. The van der Waals surface area contributed by atoms with Crippen LogP contribution in [0.25, 0.3) is 38.6 Å². The molecule has 3 aromatic heterocycles. The Labute approximate surface area is 186 Å². The van der Waals surface area contributed by atoms with Crippen molar-refractivity contribution < 1.29 is 0 Å². The molecule has 0 aliphatic carbocycles. The lowest BCUT2D eigenvalue weighted by atomic mass is 9.86. The summed E-state index contributed by atoms with van der Waals surface area (Å²) in [6.07, 6.45) is 3.66. The molecule has 32 heavy (non-hydrogen) atoms. The molecule has 5 aromatic rings. The average molecular weight is 419 g/mol. The number of nitrogens with two attached hydrogens (primary N) is 1. The Morgan fingerprint density at radius 3 is 2.34 bits per heavy atom. The molecular formula is C26H22N6. The normalized spacial score (nSPS) is 11.7. The maximum absolute atomic E-state index is 9.45. The van der Waals surface area contributed by atoms with E-state index in [4.69, 9.17) is 10.8 Å². The molecule has 3 heterocycles. The molecule has 0 radical (unpaired) electrons. The lowest BCUT2D eigenvalue weighted by Gasteiger charge is -2.16. The zero-order chi connectivity index (χ0) is 22.5. The maximum Gasteiger partial charge on any atom is 0.123 e. The number of nitrogens with zero attached hydrogens (tertiary/aromatic N) is 5. The van der Waals surface area contributed by atoms with Crippen LogP contribution in [0.1, 0.15) is 25.1 Å². The number of nitrogen functional groups attached to an aromatic ring is 1. The van der Waals surface area contributed by atoms with E-state index in [1.54, 1.807) is 12.3 Å². The Kier molecular flexibility index (Phi) is 4.42. The number of hydrogen-bond acceptors (Lipinski definition) is 5. The first kappa shape index (κ1) is 19.7. The molecule has 0 amide bonds. The largest absolute Gasteiger partial charge is 0.384 e. The van der Waals surface area contributed by atoms with Gasteiger partial charge in [-0.2, -0.15) is 10.4 Å². The van der Waals surface area contributed by atoms with Crippen LogP contribution in [0.3, 0.4) is 0 Å². The number of fused-ring (bicyclic) bond motifs is 3. The fourth-order valence-corrected chi connectivity index (χ4v) is 3.95. The molecule has 0 bridgehead atoms. The Morgan fingerprint density at radius 2 is 1.66 bits per heavy atom. The van der Waals surface area contributed by atoms with Gasteiger partial charge in [-0.25, -0.2) is 9.67 Å². The molecular weight excluding hydrogens is 396 g/mol. The fourth-order valence-electron chi connectivity index (χ4n) is 3.95. The van der Waals surface area contributed by atoms with Gasteiger partial charge >= 0.3 is 0 Å². The summed E-state index contributed by atoms with van der Waals surface area (Å²) in [5, 5.41) is 16.3. The van der Waals surface area contributed by atoms with Gasteiger partial charge in [-0.05, 0) is 68.3 Å². The molecule has 0 unspecified atom stereocenters. The van der Waals surface area contributed by atoms with Gasteiger partial charge in [0.15, 0.2) is 0 Å². The minimum absolute atomic E-state index is 0.496. The summed E-state index contributed by atoms with van der Waals surface area (Å²) in [5.74, 6) is 0.496. The highest BCUT2D eigenvalue weighted by molar-refractivity contribution is 6.06. The van der Waals surface area contributed by atoms with Crippen LogP contribution in [0.2, 0.25) is 0 Å². The molecule has 2 N–H and O–H groups in total. The third kappa shape index (κ3) is 3.15. The summed E-state index contributed by atoms with van der Waals surface area (Å²) in [4.78, 5) is 8.88. The predicted molar refractivity (Wildman–Crippen MR) is 127 cm³/mol. The van der Waals surface area contributed by atoms with Crippen molar-refractivity contribution in [1.82, 2.24) is 19.7 Å². The van der Waals surface area contributed by atoms with Crippen LogP contribution >= 0.6 is 0 Å². The predicted octanol–water partition coefficient (Wildman–Crippen LogP) is 5.33. The van der Waals surface area contributed by atoms with Crippen LogP contribution in [0.15, 0.2) is 67.0 Å². The molecule has 0 aliphatic heterocycles. The second-order valence-corrected chi connectivity index (χ2v) is 8.51. The number of aryl methyl sites for hydroxylation is 1. The first-order valence-corrected chi connectivity index (χ1v) is 10.4. The van der Waals surface area contributed by atoms with Gasteiger partial charge in [-0.3, -0.25) is 4.98 Å². The van der Waals surface area contributed by atoms with Crippen molar-refractivity contribution in [3.05, 3.63) is 78.2 Å². The maximum atomic E-state index is 9.45. The Balaban J connectivity index is 1.72. The van der Waals surface area contributed by atoms with Crippen LogP contribution in [-0.4, -0.2) is 19.7 Å². The van der Waals surface area contributed by atoms with E-state index in [-0.39, 0.29) is 0 Å². The van der Waals surface area contributed by atoms with E-state index in [1.165, 1.54) is 0 Å². The molecule has 0 aliphatic rings. The summed E-state index contributed by atoms with van der Waals surface area (Å²) in [7, 11) is 0. The molecule has 0 fully saturated rings. The molecule has 0 saturated carbocycles. The number of benzene rings is 2. The number of anilines is 1. The molecule has 0 spiro atoms. The molecule has 6 heteroatoms. The van der Waals surface area contributed by atoms with Gasteiger partial charge in [-0.15, -0.1) is 0 Å². The average Bonchev–Trinajstić information content (AvgIpc) is 3.16. The van der Waals surface area contributed by atoms with E-state index in [9.17, 15) is 5.26 Å². The second kappa shape index (κ2) is 7.17. The van der Waals surface area contributed by atoms with Crippen molar-refractivity contribution in [3.63, 3.8) is 0 Å². The number of nitriles is 1. The molecule has 156 valence electrons. The lowest BCUT2D eigenvalue weighted by Crippen LogP contribution is -2.13. The molecule has 6 nitrogen and oxygen atoms in total. The molecule has 5 rings (SSSR count). The van der Waals surface area contributed by atoms with Gasteiger partial charge in [0, 0.05) is 28.7 Å². The van der Waals surface area contributed by atoms with E-state index in [0.717, 1.165) is 49.9 Å². The van der Waals surface area contributed by atoms with Crippen LogP contribution in [0, 0.1) is 18.3 Å². The zero-order valence-electron chi connectivity index (χ0n) is 18.2. The quantitative estimate of drug-likeness (QED) is 0.427. The third-order valence-electron chi connectivity index (χ3n) is 5.92. The van der Waals surface area contributed by atoms with E-state index >= 15 is 0 Å². The SMILES string of the molecule is Cc1nn(-c2ccc(C(C)(C)C#N)cc2)c2c1cnc1ccc(-c3ccc(N)nc3)cc12. The van der Waals surface area contributed by atoms with Gasteiger partial charge in [0.2, 0.25) is 0 Å². The Morgan fingerprint density at radius 1 is 0.906 bits per heavy atom. The third-order valence-corrected chi connectivity index (χ3v) is 5.92. The fraction of sp³-hybridized carbons (Fsp3) is 0.154. The first-order valence-electron chi connectivity index (χ1n) is 10.4. The Hall–Kier alpha value is -4.24. The van der Waals surface area contributed by atoms with E-state index in [2.05, 4.69) is 22.1 Å². The van der Waals surface area contributed by atoms with Crippen molar-refractivity contribution in [2.45, 2.75) is 26.2 Å². The van der Waals surface area contributed by atoms with Crippen LogP contribution in [0.5, 0.6) is 0 Å². The van der Waals surface area contributed by atoms with E-state index in [0.29, 0.717) is 5.82 Å². The topological polar surface area (TPSA) is 93.4 Å². The van der Waals surface area contributed by atoms with Crippen LogP contribution in [-0.2, 0) is 5.41 Å². The van der Waals surface area contributed by atoms with Crippen molar-refractivity contribution in [1.29, 1.82) is 5.26 Å². The zero-order valence-corrected chi connectivity index (χ0v) is 18.2. The number of aromatic nitrogens is 4. The molecule has 0 atom stereocenters. The van der Waals surface area contributed by atoms with Crippen molar-refractivity contribution in [3.8, 4) is 22.9 Å². The van der Waals surface area contributed by atoms with Gasteiger partial charge in [0.25, 0.3) is 0 Å². The van der Waals surface area contributed by atoms with Gasteiger partial charge in [0.1, 0.15) is 5.82 Å². The first-order chi connectivity index (χ1) is 15.4. The number of rotatable bonds is 3. The van der Waals surface area contributed by atoms with Crippen molar-refractivity contribution >= 4 is 27.6 Å². The standard InChI is InChI=1S/C26H22N6/c1-16-22-14-29-23-10-4-17(18-5-11-24(28)30-13-18)12-21(23)25(22)32(31-16)20-8-6-19(7-9-20)26(2,3)15-27/h4-14H,1-3H3,(H2,28,30). The molecule has 0 saturated heterocycles. The highest BCUT2D eigenvalue weighted by Crippen LogP contribution is 2.32. The lowest BCUT2D eigenvalue weighted by molar-refractivity contribution is 0.686. The summed E-state index contributed by atoms with van der Waals surface area (Å²) in [6.45, 7) is 5.83. The smallest absolute Gasteiger partial charge is 0.123 e. The monoisotopic (exact) mass is 418 g/mol.